The maximum absolute atomic E-state index is 12.6. The fraction of sp³-hybridized carbons (Fsp3) is 0.467. The van der Waals surface area contributed by atoms with Crippen molar-refractivity contribution < 1.29 is 9.59 Å². The standard InChI is InChI=1S/C15H20N2O2/c1-10-7-5-6-8-11(10)17-9-12(18)16-13(14(17)19)15(2,3)4/h5-8,13H,9H2,1-4H3,(H,16,18). The second-order valence-corrected chi connectivity index (χ2v) is 6.08. The van der Waals surface area contributed by atoms with Crippen LogP contribution in [0.4, 0.5) is 5.69 Å². The van der Waals surface area contributed by atoms with Crippen molar-refractivity contribution in [1.82, 2.24) is 5.32 Å². The summed E-state index contributed by atoms with van der Waals surface area (Å²) in [6, 6.07) is 7.16. The van der Waals surface area contributed by atoms with Crippen LogP contribution in [-0.2, 0) is 9.59 Å². The van der Waals surface area contributed by atoms with E-state index in [9.17, 15) is 9.59 Å². The van der Waals surface area contributed by atoms with Crippen LogP contribution in [0, 0.1) is 12.3 Å². The van der Waals surface area contributed by atoms with Gasteiger partial charge in [0.2, 0.25) is 5.91 Å². The molecule has 102 valence electrons. The minimum atomic E-state index is -0.478. The van der Waals surface area contributed by atoms with Gasteiger partial charge in [-0.1, -0.05) is 39.0 Å². The summed E-state index contributed by atoms with van der Waals surface area (Å²) in [5, 5.41) is 2.80. The van der Waals surface area contributed by atoms with E-state index in [-0.39, 0.29) is 23.8 Å². The maximum Gasteiger partial charge on any atom is 0.250 e. The molecule has 1 unspecified atom stereocenters. The van der Waals surface area contributed by atoms with Crippen LogP contribution in [0.25, 0.3) is 0 Å². The molecule has 4 nitrogen and oxygen atoms in total. The molecule has 1 N–H and O–H groups in total. The van der Waals surface area contributed by atoms with Crippen LogP contribution < -0.4 is 10.2 Å². The molecule has 2 rings (SSSR count). The quantitative estimate of drug-likeness (QED) is 0.838. The lowest BCUT2D eigenvalue weighted by Crippen LogP contribution is -2.62. The Morgan fingerprint density at radius 3 is 2.42 bits per heavy atom. The summed E-state index contributed by atoms with van der Waals surface area (Å²) in [4.78, 5) is 26.0. The highest BCUT2D eigenvalue weighted by Crippen LogP contribution is 2.27. The van der Waals surface area contributed by atoms with Gasteiger partial charge in [-0.15, -0.1) is 0 Å². The van der Waals surface area contributed by atoms with Gasteiger partial charge in [0.1, 0.15) is 12.6 Å². The molecule has 1 aliphatic rings. The van der Waals surface area contributed by atoms with Gasteiger partial charge < -0.3 is 10.2 Å². The number of piperazine rings is 1. The highest BCUT2D eigenvalue weighted by atomic mass is 16.2. The van der Waals surface area contributed by atoms with Crippen molar-refractivity contribution in [1.29, 1.82) is 0 Å². The molecule has 0 saturated carbocycles. The number of aryl methyl sites for hydroxylation is 1. The topological polar surface area (TPSA) is 49.4 Å². The van der Waals surface area contributed by atoms with E-state index in [0.717, 1.165) is 11.3 Å². The largest absolute Gasteiger partial charge is 0.342 e. The molecule has 1 aromatic rings. The minimum Gasteiger partial charge on any atom is -0.342 e. The molecule has 4 heteroatoms. The van der Waals surface area contributed by atoms with E-state index in [2.05, 4.69) is 5.32 Å². The summed E-state index contributed by atoms with van der Waals surface area (Å²) in [6.45, 7) is 7.91. The van der Waals surface area contributed by atoms with Gasteiger partial charge in [0.15, 0.2) is 0 Å². The number of hydrogen-bond donors (Lipinski definition) is 1. The molecule has 1 saturated heterocycles. The lowest BCUT2D eigenvalue weighted by Gasteiger charge is -2.39. The molecule has 0 bridgehead atoms. The lowest BCUT2D eigenvalue weighted by atomic mass is 9.84. The first kappa shape index (κ1) is 13.6. The monoisotopic (exact) mass is 260 g/mol. The number of hydrogen-bond acceptors (Lipinski definition) is 2. The molecule has 0 aromatic heterocycles. The highest BCUT2D eigenvalue weighted by Gasteiger charge is 2.40. The Morgan fingerprint density at radius 2 is 1.84 bits per heavy atom. The molecular weight excluding hydrogens is 240 g/mol. The van der Waals surface area contributed by atoms with Crippen LogP contribution in [-0.4, -0.2) is 24.4 Å². The number of rotatable bonds is 1. The number of nitrogens with zero attached hydrogens (tertiary/aromatic N) is 1. The van der Waals surface area contributed by atoms with Gasteiger partial charge in [-0.3, -0.25) is 9.59 Å². The summed E-state index contributed by atoms with van der Waals surface area (Å²) in [6.07, 6.45) is 0. The van der Waals surface area contributed by atoms with Gasteiger partial charge >= 0.3 is 0 Å². The number of benzene rings is 1. The molecule has 0 spiro atoms. The van der Waals surface area contributed by atoms with Gasteiger partial charge in [-0.05, 0) is 24.0 Å². The smallest absolute Gasteiger partial charge is 0.250 e. The molecular formula is C15H20N2O2. The Balaban J connectivity index is 2.39. The van der Waals surface area contributed by atoms with Gasteiger partial charge in [0.25, 0.3) is 5.91 Å². The number of amides is 2. The lowest BCUT2D eigenvalue weighted by molar-refractivity contribution is -0.133. The normalized spacial score (nSPS) is 20.4. The summed E-state index contributed by atoms with van der Waals surface area (Å²) in [5.74, 6) is -0.149. The highest BCUT2D eigenvalue weighted by molar-refractivity contribution is 6.07. The average Bonchev–Trinajstić information content (AvgIpc) is 2.31. The van der Waals surface area contributed by atoms with E-state index in [1.165, 1.54) is 0 Å². The zero-order valence-electron chi connectivity index (χ0n) is 11.9. The fourth-order valence-electron chi connectivity index (χ4n) is 2.30. The third-order valence-corrected chi connectivity index (χ3v) is 3.39. The van der Waals surface area contributed by atoms with Gasteiger partial charge in [-0.25, -0.2) is 0 Å². The maximum atomic E-state index is 12.6. The van der Waals surface area contributed by atoms with E-state index in [4.69, 9.17) is 0 Å². The van der Waals surface area contributed by atoms with Crippen molar-refractivity contribution in [2.75, 3.05) is 11.4 Å². The van der Waals surface area contributed by atoms with Crippen molar-refractivity contribution in [3.05, 3.63) is 29.8 Å². The summed E-state index contributed by atoms with van der Waals surface area (Å²) >= 11 is 0. The first-order chi connectivity index (χ1) is 8.80. The van der Waals surface area contributed by atoms with E-state index in [0.29, 0.717) is 0 Å². The predicted molar refractivity (Wildman–Crippen MR) is 74.9 cm³/mol. The van der Waals surface area contributed by atoms with E-state index in [1.807, 2.05) is 52.0 Å². The third kappa shape index (κ3) is 2.62. The number of anilines is 1. The van der Waals surface area contributed by atoms with Crippen molar-refractivity contribution >= 4 is 17.5 Å². The van der Waals surface area contributed by atoms with E-state index in [1.54, 1.807) is 4.90 Å². The van der Waals surface area contributed by atoms with Crippen LogP contribution in [0.15, 0.2) is 24.3 Å². The van der Waals surface area contributed by atoms with Crippen LogP contribution in [0.1, 0.15) is 26.3 Å². The number of nitrogens with one attached hydrogen (secondary N) is 1. The second kappa shape index (κ2) is 4.68. The van der Waals surface area contributed by atoms with Crippen LogP contribution in [0.3, 0.4) is 0 Å². The van der Waals surface area contributed by atoms with Crippen LogP contribution in [0.5, 0.6) is 0 Å². The molecule has 0 radical (unpaired) electrons. The Labute approximate surface area is 113 Å². The van der Waals surface area contributed by atoms with Gasteiger partial charge in [-0.2, -0.15) is 0 Å². The Kier molecular flexibility index (Phi) is 3.35. The fourth-order valence-corrected chi connectivity index (χ4v) is 2.30. The molecule has 1 aromatic carbocycles. The average molecular weight is 260 g/mol. The molecule has 1 atom stereocenters. The van der Waals surface area contributed by atoms with Crippen molar-refractivity contribution in [2.45, 2.75) is 33.7 Å². The second-order valence-electron chi connectivity index (χ2n) is 6.08. The first-order valence-electron chi connectivity index (χ1n) is 6.47. The molecule has 1 fully saturated rings. The van der Waals surface area contributed by atoms with Crippen molar-refractivity contribution in [2.24, 2.45) is 5.41 Å². The van der Waals surface area contributed by atoms with Gasteiger partial charge in [0, 0.05) is 5.69 Å². The van der Waals surface area contributed by atoms with Gasteiger partial charge in [0.05, 0.1) is 0 Å². The zero-order valence-corrected chi connectivity index (χ0v) is 11.9. The Hall–Kier alpha value is -1.84. The SMILES string of the molecule is Cc1ccccc1N1CC(=O)NC(C(C)(C)C)C1=O. The van der Waals surface area contributed by atoms with Crippen LogP contribution >= 0.6 is 0 Å². The van der Waals surface area contributed by atoms with E-state index < -0.39 is 6.04 Å². The summed E-state index contributed by atoms with van der Waals surface area (Å²) in [5.41, 5.74) is 1.52. The molecule has 2 amide bonds. The summed E-state index contributed by atoms with van der Waals surface area (Å²) < 4.78 is 0. The predicted octanol–water partition coefficient (Wildman–Crippen LogP) is 1.87. The minimum absolute atomic E-state index is 0.0404. The van der Waals surface area contributed by atoms with Crippen molar-refractivity contribution in [3.8, 4) is 0 Å². The molecule has 0 aliphatic carbocycles. The summed E-state index contributed by atoms with van der Waals surface area (Å²) in [7, 11) is 0. The number of carbonyl (C=O) groups is 2. The van der Waals surface area contributed by atoms with E-state index >= 15 is 0 Å². The number of para-hydroxylation sites is 1. The van der Waals surface area contributed by atoms with Crippen LogP contribution in [0.2, 0.25) is 0 Å². The Morgan fingerprint density at radius 1 is 1.21 bits per heavy atom. The third-order valence-electron chi connectivity index (χ3n) is 3.39. The zero-order chi connectivity index (χ0) is 14.2. The first-order valence-corrected chi connectivity index (χ1v) is 6.47. The molecule has 19 heavy (non-hydrogen) atoms. The number of carbonyl (C=O) groups excluding carboxylic acids is 2. The van der Waals surface area contributed by atoms with Crippen molar-refractivity contribution in [3.63, 3.8) is 0 Å². The molecule has 1 heterocycles. The molecule has 1 aliphatic heterocycles. The Bertz CT molecular complexity index is 517.